The van der Waals surface area contributed by atoms with Gasteiger partial charge in [0.1, 0.15) is 5.69 Å². The van der Waals surface area contributed by atoms with Crippen molar-refractivity contribution in [1.82, 2.24) is 15.2 Å². The lowest BCUT2D eigenvalue weighted by molar-refractivity contribution is 0.0525. The Morgan fingerprint density at radius 3 is 2.72 bits per heavy atom. The molecule has 2 aromatic heterocycles. The molecule has 3 N–H and O–H groups in total. The number of aromatic nitrogens is 3. The minimum absolute atomic E-state index is 0.0846. The number of H-pyrrole nitrogens is 1. The van der Waals surface area contributed by atoms with Gasteiger partial charge in [-0.1, -0.05) is 24.3 Å². The van der Waals surface area contributed by atoms with Crippen LogP contribution in [0.4, 0.5) is 0 Å². The molecule has 0 aliphatic carbocycles. The SMILES string of the molecule is CCOC(=O)c1c(-c2nccc3ccccc23)n[nH]c1OS(N)(=O)=O. The Hall–Kier alpha value is -2.98. The first-order valence-electron chi connectivity index (χ1n) is 7.22. The standard InChI is InChI=1S/C15H14N4O5S/c1-2-23-15(20)11-13(18-19-14(11)24-25(16,21)22)12-10-6-4-3-5-9(10)7-8-17-12/h3-8H,2H2,1H3,(H,18,19)(H2,16,21,22). The van der Waals surface area contributed by atoms with Gasteiger partial charge in [0.05, 0.1) is 12.3 Å². The van der Waals surface area contributed by atoms with Crippen molar-refractivity contribution < 1.29 is 22.1 Å². The summed E-state index contributed by atoms with van der Waals surface area (Å²) in [4.78, 5) is 16.6. The topological polar surface area (TPSA) is 137 Å². The number of nitrogens with zero attached hydrogens (tertiary/aromatic N) is 2. The second kappa shape index (κ2) is 6.49. The lowest BCUT2D eigenvalue weighted by Crippen LogP contribution is -2.20. The minimum Gasteiger partial charge on any atom is -0.462 e. The Labute approximate surface area is 143 Å². The zero-order chi connectivity index (χ0) is 18.0. The van der Waals surface area contributed by atoms with Crippen LogP contribution in [0.25, 0.3) is 22.2 Å². The number of pyridine rings is 1. The zero-order valence-electron chi connectivity index (χ0n) is 13.1. The van der Waals surface area contributed by atoms with Crippen LogP contribution in [0.1, 0.15) is 17.3 Å². The lowest BCUT2D eigenvalue weighted by atomic mass is 10.1. The van der Waals surface area contributed by atoms with Crippen LogP contribution in [-0.2, 0) is 15.0 Å². The highest BCUT2D eigenvalue weighted by atomic mass is 32.2. The number of carbonyl (C=O) groups is 1. The fourth-order valence-electron chi connectivity index (χ4n) is 2.37. The van der Waals surface area contributed by atoms with Gasteiger partial charge in [-0.3, -0.25) is 4.98 Å². The Bertz CT molecular complexity index is 1040. The maximum Gasteiger partial charge on any atom is 0.381 e. The summed E-state index contributed by atoms with van der Waals surface area (Å²) in [6.07, 6.45) is 1.56. The van der Waals surface area contributed by atoms with Crippen LogP contribution in [0.3, 0.4) is 0 Å². The normalized spacial score (nSPS) is 11.4. The summed E-state index contributed by atoms with van der Waals surface area (Å²) >= 11 is 0. The van der Waals surface area contributed by atoms with Crippen LogP contribution >= 0.6 is 0 Å². The quantitative estimate of drug-likeness (QED) is 0.654. The molecular weight excluding hydrogens is 348 g/mol. The molecule has 0 amide bonds. The maximum atomic E-state index is 12.3. The predicted octanol–water partition coefficient (Wildman–Crippen LogP) is 1.38. The number of fused-ring (bicyclic) bond motifs is 1. The van der Waals surface area contributed by atoms with Crippen molar-refractivity contribution in [2.75, 3.05) is 6.61 Å². The fraction of sp³-hybridized carbons (Fsp3) is 0.133. The molecule has 1 aromatic carbocycles. The first-order valence-corrected chi connectivity index (χ1v) is 8.69. The molecule has 0 fully saturated rings. The Morgan fingerprint density at radius 2 is 2.00 bits per heavy atom. The molecule has 130 valence electrons. The third-order valence-corrected chi connectivity index (χ3v) is 3.71. The van der Waals surface area contributed by atoms with Crippen LogP contribution in [0.15, 0.2) is 36.5 Å². The number of ether oxygens (including phenoxy) is 1. The number of hydrogen-bond acceptors (Lipinski definition) is 7. The van der Waals surface area contributed by atoms with Gasteiger partial charge in [0.25, 0.3) is 0 Å². The van der Waals surface area contributed by atoms with Crippen molar-refractivity contribution >= 4 is 27.0 Å². The van der Waals surface area contributed by atoms with E-state index in [1.165, 1.54) is 0 Å². The largest absolute Gasteiger partial charge is 0.462 e. The number of carbonyl (C=O) groups excluding carboxylic acids is 1. The molecule has 0 saturated heterocycles. The highest BCUT2D eigenvalue weighted by molar-refractivity contribution is 7.84. The molecule has 0 bridgehead atoms. The summed E-state index contributed by atoms with van der Waals surface area (Å²) in [6.45, 7) is 1.70. The van der Waals surface area contributed by atoms with E-state index in [9.17, 15) is 13.2 Å². The lowest BCUT2D eigenvalue weighted by Gasteiger charge is -2.07. The molecule has 0 spiro atoms. The van der Waals surface area contributed by atoms with Gasteiger partial charge in [-0.15, -0.1) is 0 Å². The average Bonchev–Trinajstić information content (AvgIpc) is 2.96. The third kappa shape index (κ3) is 3.44. The molecular formula is C15H14N4O5S. The number of benzene rings is 1. The predicted molar refractivity (Wildman–Crippen MR) is 89.0 cm³/mol. The van der Waals surface area contributed by atoms with Crippen LogP contribution < -0.4 is 9.32 Å². The molecule has 9 nitrogen and oxygen atoms in total. The highest BCUT2D eigenvalue weighted by Gasteiger charge is 2.28. The van der Waals surface area contributed by atoms with Gasteiger partial charge in [0.15, 0.2) is 5.56 Å². The van der Waals surface area contributed by atoms with Crippen molar-refractivity contribution in [3.05, 3.63) is 42.1 Å². The number of hydrogen-bond donors (Lipinski definition) is 2. The van der Waals surface area contributed by atoms with Crippen molar-refractivity contribution in [2.45, 2.75) is 6.92 Å². The van der Waals surface area contributed by atoms with Gasteiger partial charge in [-0.05, 0) is 18.4 Å². The van der Waals surface area contributed by atoms with E-state index in [1.54, 1.807) is 19.2 Å². The summed E-state index contributed by atoms with van der Waals surface area (Å²) < 4.78 is 32.1. The van der Waals surface area contributed by atoms with Crippen molar-refractivity contribution in [2.24, 2.45) is 5.14 Å². The monoisotopic (exact) mass is 362 g/mol. The van der Waals surface area contributed by atoms with Gasteiger partial charge in [-0.25, -0.2) is 9.89 Å². The van der Waals surface area contributed by atoms with Gasteiger partial charge >= 0.3 is 16.3 Å². The van der Waals surface area contributed by atoms with Gasteiger partial charge in [0.2, 0.25) is 5.88 Å². The van der Waals surface area contributed by atoms with Crippen molar-refractivity contribution in [1.29, 1.82) is 0 Å². The summed E-state index contributed by atoms with van der Waals surface area (Å²) in [6, 6.07) is 9.15. The van der Waals surface area contributed by atoms with E-state index in [-0.39, 0.29) is 17.9 Å². The van der Waals surface area contributed by atoms with E-state index in [0.717, 1.165) is 10.8 Å². The number of esters is 1. The van der Waals surface area contributed by atoms with Crippen LogP contribution in [0.5, 0.6) is 5.88 Å². The van der Waals surface area contributed by atoms with E-state index in [0.29, 0.717) is 5.69 Å². The van der Waals surface area contributed by atoms with Crippen LogP contribution in [0.2, 0.25) is 0 Å². The molecule has 0 aliphatic heterocycles. The van der Waals surface area contributed by atoms with Crippen molar-refractivity contribution in [3.63, 3.8) is 0 Å². The number of aromatic amines is 1. The van der Waals surface area contributed by atoms with E-state index < -0.39 is 22.2 Å². The second-order valence-electron chi connectivity index (χ2n) is 4.95. The van der Waals surface area contributed by atoms with E-state index in [1.807, 2.05) is 24.3 Å². The van der Waals surface area contributed by atoms with Gasteiger partial charge in [-0.2, -0.15) is 18.7 Å². The number of nitrogens with one attached hydrogen (secondary N) is 1. The highest BCUT2D eigenvalue weighted by Crippen LogP contribution is 2.32. The first kappa shape index (κ1) is 16.9. The molecule has 0 unspecified atom stereocenters. The summed E-state index contributed by atoms with van der Waals surface area (Å²) in [5.74, 6) is -1.23. The molecule has 3 rings (SSSR count). The van der Waals surface area contributed by atoms with E-state index in [2.05, 4.69) is 19.4 Å². The van der Waals surface area contributed by atoms with Gasteiger partial charge < -0.3 is 8.92 Å². The Kier molecular flexibility index (Phi) is 4.38. The molecule has 3 aromatic rings. The van der Waals surface area contributed by atoms with E-state index >= 15 is 0 Å². The molecule has 0 radical (unpaired) electrons. The third-order valence-electron chi connectivity index (χ3n) is 3.31. The van der Waals surface area contributed by atoms with Crippen molar-refractivity contribution in [3.8, 4) is 17.3 Å². The smallest absolute Gasteiger partial charge is 0.381 e. The molecule has 0 saturated carbocycles. The Balaban J connectivity index is 2.23. The molecule has 0 atom stereocenters. The molecule has 0 aliphatic rings. The molecule has 25 heavy (non-hydrogen) atoms. The molecule has 2 heterocycles. The Morgan fingerprint density at radius 1 is 1.24 bits per heavy atom. The summed E-state index contributed by atoms with van der Waals surface area (Å²) in [7, 11) is -4.36. The van der Waals surface area contributed by atoms with Crippen LogP contribution in [-0.4, -0.2) is 36.2 Å². The second-order valence-corrected chi connectivity index (χ2v) is 6.11. The number of rotatable bonds is 5. The summed E-state index contributed by atoms with van der Waals surface area (Å²) in [5.41, 5.74) is 0.287. The average molecular weight is 362 g/mol. The zero-order valence-corrected chi connectivity index (χ0v) is 13.9. The van der Waals surface area contributed by atoms with Gasteiger partial charge in [0, 0.05) is 11.6 Å². The van der Waals surface area contributed by atoms with E-state index in [4.69, 9.17) is 9.88 Å². The maximum absolute atomic E-state index is 12.3. The molecule has 10 heteroatoms. The number of nitrogens with two attached hydrogens (primary N) is 1. The van der Waals surface area contributed by atoms with Crippen LogP contribution in [0, 0.1) is 0 Å². The first-order chi connectivity index (χ1) is 11.9. The minimum atomic E-state index is -4.36. The summed E-state index contributed by atoms with van der Waals surface area (Å²) in [5, 5.41) is 12.8. The fourth-order valence-corrected chi connectivity index (χ4v) is 2.73.